The fourth-order valence-corrected chi connectivity index (χ4v) is 3.38. The predicted octanol–water partition coefficient (Wildman–Crippen LogP) is 5.32. The smallest absolute Gasteiger partial charge is 0.227 e. The Labute approximate surface area is 194 Å². The number of aromatic nitrogens is 2. The van der Waals surface area contributed by atoms with Crippen LogP contribution >= 0.6 is 0 Å². The topological polar surface area (TPSA) is 156 Å². The van der Waals surface area contributed by atoms with Gasteiger partial charge < -0.3 is 31.8 Å². The number of nitrogens with zero attached hydrogens (tertiary/aromatic N) is 2. The molecule has 0 spiro atoms. The lowest BCUT2D eigenvalue weighted by atomic mass is 10.2. The Morgan fingerprint density at radius 2 is 0.794 bits per heavy atom. The van der Waals surface area contributed by atoms with E-state index in [2.05, 4.69) is 9.97 Å². The first-order chi connectivity index (χ1) is 16.4. The van der Waals surface area contributed by atoms with Gasteiger partial charge in [0.15, 0.2) is 11.2 Å². The van der Waals surface area contributed by atoms with Crippen LogP contribution in [0.15, 0.2) is 93.8 Å². The summed E-state index contributed by atoms with van der Waals surface area (Å²) in [4.78, 5) is 8.78. The van der Waals surface area contributed by atoms with Crippen molar-refractivity contribution >= 4 is 44.9 Å². The van der Waals surface area contributed by atoms with Crippen LogP contribution in [0.4, 0.5) is 22.7 Å². The summed E-state index contributed by atoms with van der Waals surface area (Å²) in [7, 11) is 0. The first kappa shape index (κ1) is 20.9. The summed E-state index contributed by atoms with van der Waals surface area (Å²) in [6, 6.07) is 25.6. The lowest BCUT2D eigenvalue weighted by Gasteiger charge is -1.95. The number of fused-ring (bicyclic) bond motifs is 2. The molecule has 0 aliphatic rings. The molecule has 0 radical (unpaired) electrons. The van der Waals surface area contributed by atoms with Gasteiger partial charge in [0.1, 0.15) is 11.0 Å². The SMILES string of the molecule is Nc1ccc(-c2nc3ccc(N)cc3o2)cc1.Nc1ccc(-c2nc3ccc(N)cc3o2)cc1. The van der Waals surface area contributed by atoms with Crippen LogP contribution in [0.25, 0.3) is 45.1 Å². The minimum atomic E-state index is 0.575. The monoisotopic (exact) mass is 450 g/mol. The minimum absolute atomic E-state index is 0.575. The van der Waals surface area contributed by atoms with Gasteiger partial charge in [-0.15, -0.1) is 0 Å². The molecule has 0 unspecified atom stereocenters. The van der Waals surface area contributed by atoms with Gasteiger partial charge in [-0.2, -0.15) is 0 Å². The largest absolute Gasteiger partial charge is 0.436 e. The number of nitrogen functional groups attached to an aromatic ring is 4. The fourth-order valence-electron chi connectivity index (χ4n) is 3.38. The number of hydrogen-bond donors (Lipinski definition) is 4. The summed E-state index contributed by atoms with van der Waals surface area (Å²) in [6.07, 6.45) is 0. The molecule has 0 saturated carbocycles. The Hall–Kier alpha value is -4.98. The van der Waals surface area contributed by atoms with Crippen LogP contribution in [0.3, 0.4) is 0 Å². The van der Waals surface area contributed by atoms with E-state index in [0.29, 0.717) is 45.7 Å². The zero-order valence-electron chi connectivity index (χ0n) is 18.1. The molecule has 0 atom stereocenters. The summed E-state index contributed by atoms with van der Waals surface area (Å²) < 4.78 is 11.3. The first-order valence-corrected chi connectivity index (χ1v) is 10.5. The normalized spacial score (nSPS) is 10.8. The Balaban J connectivity index is 0.000000142. The van der Waals surface area contributed by atoms with Gasteiger partial charge in [0.25, 0.3) is 0 Å². The maximum absolute atomic E-state index is 5.69. The molecular formula is C26H22N6O2. The third-order valence-electron chi connectivity index (χ3n) is 5.14. The molecular weight excluding hydrogens is 428 g/mol. The Kier molecular flexibility index (Phi) is 5.23. The van der Waals surface area contributed by atoms with Crippen molar-refractivity contribution < 1.29 is 8.83 Å². The summed E-state index contributed by atoms with van der Waals surface area (Å²) >= 11 is 0. The highest BCUT2D eigenvalue weighted by atomic mass is 16.4. The summed E-state index contributed by atoms with van der Waals surface area (Å²) in [5.74, 6) is 1.15. The van der Waals surface area contributed by atoms with Gasteiger partial charge >= 0.3 is 0 Å². The van der Waals surface area contributed by atoms with Gasteiger partial charge in [0, 0.05) is 46.0 Å². The van der Waals surface area contributed by atoms with Crippen LogP contribution in [0.5, 0.6) is 0 Å². The van der Waals surface area contributed by atoms with E-state index in [-0.39, 0.29) is 0 Å². The molecule has 6 rings (SSSR count). The highest BCUT2D eigenvalue weighted by Crippen LogP contribution is 2.27. The van der Waals surface area contributed by atoms with Gasteiger partial charge in [-0.3, -0.25) is 0 Å². The van der Waals surface area contributed by atoms with Crippen molar-refractivity contribution in [2.24, 2.45) is 0 Å². The van der Waals surface area contributed by atoms with E-state index in [1.165, 1.54) is 0 Å². The number of rotatable bonds is 2. The molecule has 0 amide bonds. The second-order valence-corrected chi connectivity index (χ2v) is 7.74. The van der Waals surface area contributed by atoms with E-state index < -0.39 is 0 Å². The minimum Gasteiger partial charge on any atom is -0.436 e. The highest BCUT2D eigenvalue weighted by Gasteiger charge is 2.09. The molecule has 0 saturated heterocycles. The molecule has 8 N–H and O–H groups in total. The molecule has 168 valence electrons. The van der Waals surface area contributed by atoms with E-state index in [0.717, 1.165) is 22.2 Å². The van der Waals surface area contributed by atoms with Crippen molar-refractivity contribution in [2.75, 3.05) is 22.9 Å². The van der Waals surface area contributed by atoms with E-state index in [1.54, 1.807) is 24.3 Å². The molecule has 0 aliphatic carbocycles. The Morgan fingerprint density at radius 3 is 1.18 bits per heavy atom. The van der Waals surface area contributed by atoms with Crippen LogP contribution in [0.1, 0.15) is 0 Å². The standard InChI is InChI=1S/2C13H11N3O/c2*14-9-3-1-8(2-4-9)13-16-11-6-5-10(15)7-12(11)17-13/h2*1-7H,14-15H2. The number of anilines is 4. The number of nitrogens with two attached hydrogens (primary N) is 4. The molecule has 4 aromatic carbocycles. The lowest BCUT2D eigenvalue weighted by Crippen LogP contribution is -1.83. The third kappa shape index (κ3) is 4.33. The molecule has 8 heteroatoms. The van der Waals surface area contributed by atoms with E-state index in [4.69, 9.17) is 31.8 Å². The maximum atomic E-state index is 5.69. The van der Waals surface area contributed by atoms with E-state index >= 15 is 0 Å². The fraction of sp³-hybridized carbons (Fsp3) is 0. The summed E-state index contributed by atoms with van der Waals surface area (Å²) in [6.45, 7) is 0. The number of benzene rings is 4. The summed E-state index contributed by atoms with van der Waals surface area (Å²) in [5, 5.41) is 0. The molecule has 2 aromatic heterocycles. The Bertz CT molecular complexity index is 1460. The van der Waals surface area contributed by atoms with Crippen molar-refractivity contribution in [3.05, 3.63) is 84.9 Å². The molecule has 8 nitrogen and oxygen atoms in total. The first-order valence-electron chi connectivity index (χ1n) is 10.5. The van der Waals surface area contributed by atoms with Crippen LogP contribution in [0, 0.1) is 0 Å². The van der Waals surface area contributed by atoms with Crippen molar-refractivity contribution in [3.8, 4) is 22.9 Å². The van der Waals surface area contributed by atoms with E-state index in [9.17, 15) is 0 Å². The number of oxazole rings is 2. The average molecular weight is 451 g/mol. The van der Waals surface area contributed by atoms with Crippen molar-refractivity contribution in [1.29, 1.82) is 0 Å². The van der Waals surface area contributed by atoms with Gasteiger partial charge in [-0.25, -0.2) is 9.97 Å². The quantitative estimate of drug-likeness (QED) is 0.258. The highest BCUT2D eigenvalue weighted by molar-refractivity contribution is 5.80. The third-order valence-corrected chi connectivity index (χ3v) is 5.14. The van der Waals surface area contributed by atoms with Gasteiger partial charge in [0.05, 0.1) is 0 Å². The van der Waals surface area contributed by atoms with Crippen molar-refractivity contribution in [1.82, 2.24) is 9.97 Å². The molecule has 0 bridgehead atoms. The van der Waals surface area contributed by atoms with E-state index in [1.807, 2.05) is 60.7 Å². The van der Waals surface area contributed by atoms with Crippen LogP contribution in [-0.2, 0) is 0 Å². The maximum Gasteiger partial charge on any atom is 0.227 e. The Morgan fingerprint density at radius 1 is 0.441 bits per heavy atom. The number of hydrogen-bond acceptors (Lipinski definition) is 8. The van der Waals surface area contributed by atoms with Crippen molar-refractivity contribution in [3.63, 3.8) is 0 Å². The summed E-state index contributed by atoms with van der Waals surface area (Å²) in [5.41, 5.74) is 30.2. The second kappa shape index (κ2) is 8.51. The van der Waals surface area contributed by atoms with Crippen molar-refractivity contribution in [2.45, 2.75) is 0 Å². The molecule has 0 fully saturated rings. The molecule has 0 aliphatic heterocycles. The molecule has 6 aromatic rings. The molecule has 2 heterocycles. The van der Waals surface area contributed by atoms with Crippen LogP contribution in [0.2, 0.25) is 0 Å². The predicted molar refractivity (Wildman–Crippen MR) is 137 cm³/mol. The van der Waals surface area contributed by atoms with Crippen LogP contribution < -0.4 is 22.9 Å². The zero-order chi connectivity index (χ0) is 23.7. The van der Waals surface area contributed by atoms with Crippen LogP contribution in [-0.4, -0.2) is 9.97 Å². The van der Waals surface area contributed by atoms with Gasteiger partial charge in [-0.1, -0.05) is 0 Å². The van der Waals surface area contributed by atoms with Gasteiger partial charge in [-0.05, 0) is 72.8 Å². The zero-order valence-corrected chi connectivity index (χ0v) is 18.1. The molecule has 34 heavy (non-hydrogen) atoms. The second-order valence-electron chi connectivity index (χ2n) is 7.74. The lowest BCUT2D eigenvalue weighted by molar-refractivity contribution is 0.619. The average Bonchev–Trinajstić information content (AvgIpc) is 3.44. The van der Waals surface area contributed by atoms with Gasteiger partial charge in [0.2, 0.25) is 11.8 Å².